The Kier molecular flexibility index (Phi) is 3.89. The summed E-state index contributed by atoms with van der Waals surface area (Å²) < 4.78 is 26.6. The minimum atomic E-state index is -3.56. The topological polar surface area (TPSA) is 70.5 Å². The molecule has 8 heteroatoms. The van der Waals surface area contributed by atoms with E-state index in [1.165, 1.54) is 15.5 Å². The standard InChI is InChI=1S/C8H17N5O2S/c1-5-13(8-6-9-12(4)7-8)16(14,15)10-11(2)3/h6-7,10H,5H2,1-4H3. The van der Waals surface area contributed by atoms with Crippen molar-refractivity contribution in [3.8, 4) is 0 Å². The number of rotatable bonds is 5. The smallest absolute Gasteiger partial charge is 0.274 e. The van der Waals surface area contributed by atoms with Crippen LogP contribution in [0, 0.1) is 0 Å². The molecule has 0 aliphatic heterocycles. The van der Waals surface area contributed by atoms with Crippen molar-refractivity contribution in [3.63, 3.8) is 0 Å². The highest BCUT2D eigenvalue weighted by Crippen LogP contribution is 2.15. The third kappa shape index (κ3) is 2.94. The summed E-state index contributed by atoms with van der Waals surface area (Å²) in [6.07, 6.45) is 3.16. The molecule has 1 rings (SSSR count). The number of hydrogen-bond acceptors (Lipinski definition) is 4. The molecule has 0 saturated carbocycles. The molecule has 92 valence electrons. The first-order valence-electron chi connectivity index (χ1n) is 4.83. The van der Waals surface area contributed by atoms with Gasteiger partial charge < -0.3 is 0 Å². The van der Waals surface area contributed by atoms with E-state index in [2.05, 4.69) is 9.93 Å². The van der Waals surface area contributed by atoms with Crippen LogP contribution in [0.1, 0.15) is 6.92 Å². The van der Waals surface area contributed by atoms with Gasteiger partial charge in [0, 0.05) is 33.9 Å². The summed E-state index contributed by atoms with van der Waals surface area (Å²) in [6.45, 7) is 2.11. The molecule has 0 aromatic carbocycles. The van der Waals surface area contributed by atoms with E-state index in [4.69, 9.17) is 0 Å². The molecule has 0 radical (unpaired) electrons. The molecule has 0 spiro atoms. The Hall–Kier alpha value is -1.12. The highest BCUT2D eigenvalue weighted by atomic mass is 32.2. The Morgan fingerprint density at radius 2 is 2.12 bits per heavy atom. The van der Waals surface area contributed by atoms with Gasteiger partial charge in [-0.3, -0.25) is 8.99 Å². The number of anilines is 1. The monoisotopic (exact) mass is 247 g/mol. The van der Waals surface area contributed by atoms with Crippen LogP contribution in [-0.2, 0) is 17.3 Å². The highest BCUT2D eigenvalue weighted by molar-refractivity contribution is 7.90. The average molecular weight is 247 g/mol. The molecule has 1 heterocycles. The Labute approximate surface area is 95.8 Å². The zero-order valence-electron chi connectivity index (χ0n) is 9.88. The molecule has 16 heavy (non-hydrogen) atoms. The van der Waals surface area contributed by atoms with Crippen LogP contribution in [0.4, 0.5) is 5.69 Å². The van der Waals surface area contributed by atoms with Gasteiger partial charge in [-0.25, -0.2) is 5.01 Å². The number of aryl methyl sites for hydroxylation is 1. The number of nitrogens with one attached hydrogen (secondary N) is 1. The van der Waals surface area contributed by atoms with Crippen molar-refractivity contribution >= 4 is 15.9 Å². The van der Waals surface area contributed by atoms with Gasteiger partial charge in [0.1, 0.15) is 0 Å². The SMILES string of the molecule is CCN(c1cnn(C)c1)S(=O)(=O)NN(C)C. The van der Waals surface area contributed by atoms with Crippen LogP contribution in [0.2, 0.25) is 0 Å². The first-order chi connectivity index (χ1) is 7.36. The summed E-state index contributed by atoms with van der Waals surface area (Å²) in [5.74, 6) is 0. The van der Waals surface area contributed by atoms with Crippen molar-refractivity contribution in [3.05, 3.63) is 12.4 Å². The minimum Gasteiger partial charge on any atom is -0.274 e. The molecule has 0 fully saturated rings. The van der Waals surface area contributed by atoms with E-state index in [1.54, 1.807) is 38.9 Å². The lowest BCUT2D eigenvalue weighted by atomic mass is 10.5. The molecule has 1 N–H and O–H groups in total. The third-order valence-electron chi connectivity index (χ3n) is 1.85. The summed E-state index contributed by atoms with van der Waals surface area (Å²) in [4.78, 5) is 2.37. The van der Waals surface area contributed by atoms with E-state index in [1.807, 2.05) is 0 Å². The van der Waals surface area contributed by atoms with Crippen LogP contribution < -0.4 is 9.14 Å². The Balaban J connectivity index is 2.99. The molecule has 0 atom stereocenters. The fourth-order valence-electron chi connectivity index (χ4n) is 1.31. The van der Waals surface area contributed by atoms with E-state index in [9.17, 15) is 8.42 Å². The second-order valence-corrected chi connectivity index (χ2v) is 5.10. The van der Waals surface area contributed by atoms with Gasteiger partial charge in [0.25, 0.3) is 0 Å². The van der Waals surface area contributed by atoms with Crippen LogP contribution in [0.15, 0.2) is 12.4 Å². The van der Waals surface area contributed by atoms with Crippen LogP contribution in [0.25, 0.3) is 0 Å². The molecular formula is C8H17N5O2S. The average Bonchev–Trinajstić information content (AvgIpc) is 2.49. The van der Waals surface area contributed by atoms with Gasteiger partial charge >= 0.3 is 10.2 Å². The summed E-state index contributed by atoms with van der Waals surface area (Å²) >= 11 is 0. The van der Waals surface area contributed by atoms with Crippen LogP contribution in [0.3, 0.4) is 0 Å². The number of hydrazine groups is 1. The van der Waals surface area contributed by atoms with Crippen molar-refractivity contribution in [2.24, 2.45) is 7.05 Å². The number of aromatic nitrogens is 2. The van der Waals surface area contributed by atoms with E-state index in [0.717, 1.165) is 0 Å². The van der Waals surface area contributed by atoms with Gasteiger partial charge in [-0.05, 0) is 6.92 Å². The van der Waals surface area contributed by atoms with Crippen LogP contribution >= 0.6 is 0 Å². The molecule has 7 nitrogen and oxygen atoms in total. The maximum absolute atomic E-state index is 11.9. The van der Waals surface area contributed by atoms with Crippen molar-refractivity contribution < 1.29 is 8.42 Å². The van der Waals surface area contributed by atoms with E-state index < -0.39 is 10.2 Å². The van der Waals surface area contributed by atoms with Crippen molar-refractivity contribution in [2.45, 2.75) is 6.92 Å². The van der Waals surface area contributed by atoms with Gasteiger partial charge in [-0.15, -0.1) is 4.83 Å². The quantitative estimate of drug-likeness (QED) is 0.716. The summed E-state index contributed by atoms with van der Waals surface area (Å²) in [5.41, 5.74) is 0.541. The van der Waals surface area contributed by atoms with Gasteiger partial charge in [0.15, 0.2) is 0 Å². The number of hydrogen-bond donors (Lipinski definition) is 1. The Bertz CT molecular complexity index is 439. The lowest BCUT2D eigenvalue weighted by Crippen LogP contribution is -2.46. The van der Waals surface area contributed by atoms with Crippen LogP contribution in [0.5, 0.6) is 0 Å². The molecule has 0 aliphatic carbocycles. The molecule has 0 saturated heterocycles. The summed E-state index contributed by atoms with van der Waals surface area (Å²) in [6, 6.07) is 0. The van der Waals surface area contributed by atoms with Crippen molar-refractivity contribution in [1.82, 2.24) is 19.6 Å². The second kappa shape index (κ2) is 4.81. The first kappa shape index (κ1) is 12.9. The molecule has 0 amide bonds. The second-order valence-electron chi connectivity index (χ2n) is 3.53. The fraction of sp³-hybridized carbons (Fsp3) is 0.625. The zero-order chi connectivity index (χ0) is 12.3. The predicted octanol–water partition coefficient (Wildman–Crippen LogP) is -0.443. The van der Waals surface area contributed by atoms with E-state index >= 15 is 0 Å². The maximum Gasteiger partial charge on any atom is 0.314 e. The largest absolute Gasteiger partial charge is 0.314 e. The molecule has 1 aromatic heterocycles. The van der Waals surface area contributed by atoms with Gasteiger partial charge in [-0.1, -0.05) is 0 Å². The molecule has 0 aliphatic rings. The number of nitrogens with zero attached hydrogens (tertiary/aromatic N) is 4. The van der Waals surface area contributed by atoms with E-state index in [-0.39, 0.29) is 0 Å². The lowest BCUT2D eigenvalue weighted by molar-refractivity contribution is 0.363. The maximum atomic E-state index is 11.9. The van der Waals surface area contributed by atoms with E-state index in [0.29, 0.717) is 12.2 Å². The zero-order valence-corrected chi connectivity index (χ0v) is 10.7. The molecule has 0 bridgehead atoms. The molecule has 0 unspecified atom stereocenters. The van der Waals surface area contributed by atoms with Crippen LogP contribution in [-0.4, -0.2) is 43.8 Å². The van der Waals surface area contributed by atoms with Gasteiger partial charge in [-0.2, -0.15) is 13.5 Å². The first-order valence-corrected chi connectivity index (χ1v) is 6.27. The minimum absolute atomic E-state index is 0.342. The molecule has 1 aromatic rings. The normalized spacial score (nSPS) is 12.1. The summed E-state index contributed by atoms with van der Waals surface area (Å²) in [7, 11) is 1.42. The summed E-state index contributed by atoms with van der Waals surface area (Å²) in [5, 5.41) is 5.33. The Morgan fingerprint density at radius 3 is 2.50 bits per heavy atom. The van der Waals surface area contributed by atoms with Gasteiger partial charge in [0.05, 0.1) is 11.9 Å². The predicted molar refractivity (Wildman–Crippen MR) is 62.0 cm³/mol. The lowest BCUT2D eigenvalue weighted by Gasteiger charge is -2.23. The molecular weight excluding hydrogens is 230 g/mol. The third-order valence-corrected chi connectivity index (χ3v) is 3.50. The Morgan fingerprint density at radius 1 is 1.50 bits per heavy atom. The van der Waals surface area contributed by atoms with Gasteiger partial charge in [0.2, 0.25) is 0 Å². The van der Waals surface area contributed by atoms with Crippen molar-refractivity contribution in [1.29, 1.82) is 0 Å². The van der Waals surface area contributed by atoms with Crippen molar-refractivity contribution in [2.75, 3.05) is 24.9 Å². The fourth-order valence-corrected chi connectivity index (χ4v) is 2.58. The highest BCUT2D eigenvalue weighted by Gasteiger charge is 2.22.